The van der Waals surface area contributed by atoms with E-state index in [4.69, 9.17) is 16.3 Å². The molecule has 0 radical (unpaired) electrons. The van der Waals surface area contributed by atoms with Gasteiger partial charge >= 0.3 is 0 Å². The Kier molecular flexibility index (Phi) is 4.61. The second-order valence-corrected chi connectivity index (χ2v) is 4.99. The molecule has 1 aromatic carbocycles. The summed E-state index contributed by atoms with van der Waals surface area (Å²) in [6.45, 7) is 3.27. The van der Waals surface area contributed by atoms with Crippen LogP contribution in [0.2, 0.25) is 0 Å². The summed E-state index contributed by atoms with van der Waals surface area (Å²) in [7, 11) is 0. The first kappa shape index (κ1) is 13.4. The number of carbonyl (C=O) groups is 1. The van der Waals surface area contributed by atoms with Crippen LogP contribution in [0.5, 0.6) is 0 Å². The highest BCUT2D eigenvalue weighted by molar-refractivity contribution is 6.17. The molecule has 0 spiro atoms. The fourth-order valence-electron chi connectivity index (χ4n) is 2.07. The average molecular weight is 268 g/mol. The van der Waals surface area contributed by atoms with Gasteiger partial charge in [0.1, 0.15) is 6.10 Å². The maximum Gasteiger partial charge on any atom is 0.249 e. The highest BCUT2D eigenvalue weighted by Gasteiger charge is 2.30. The van der Waals surface area contributed by atoms with Crippen LogP contribution < -0.4 is 5.32 Å². The lowest BCUT2D eigenvalue weighted by Gasteiger charge is -2.14. The van der Waals surface area contributed by atoms with Gasteiger partial charge in [-0.25, -0.2) is 0 Å². The van der Waals surface area contributed by atoms with E-state index in [0.29, 0.717) is 24.9 Å². The molecule has 3 nitrogen and oxygen atoms in total. The molecular weight excluding hydrogens is 250 g/mol. The summed E-state index contributed by atoms with van der Waals surface area (Å²) >= 11 is 5.72. The molecule has 2 unspecified atom stereocenters. The lowest BCUT2D eigenvalue weighted by molar-refractivity contribution is -0.131. The molecule has 0 saturated carbocycles. The number of amides is 1. The second-order valence-electron chi connectivity index (χ2n) is 4.73. The van der Waals surface area contributed by atoms with Crippen molar-refractivity contribution in [1.29, 1.82) is 0 Å². The van der Waals surface area contributed by atoms with Crippen LogP contribution in [0.4, 0.5) is 0 Å². The van der Waals surface area contributed by atoms with Gasteiger partial charge in [0.25, 0.3) is 0 Å². The molecule has 1 aliphatic rings. The van der Waals surface area contributed by atoms with Crippen molar-refractivity contribution in [2.45, 2.75) is 31.9 Å². The summed E-state index contributed by atoms with van der Waals surface area (Å²) in [5.41, 5.74) is 2.15. The first-order valence-electron chi connectivity index (χ1n) is 6.24. The van der Waals surface area contributed by atoms with Gasteiger partial charge in [-0.3, -0.25) is 4.79 Å². The van der Waals surface area contributed by atoms with Gasteiger partial charge in [0.2, 0.25) is 5.91 Å². The number of hydrogen-bond donors (Lipinski definition) is 1. The minimum Gasteiger partial charge on any atom is -0.368 e. The SMILES string of the molecule is CC1CCOC1C(=O)NCc1ccc(CCl)cc1. The average Bonchev–Trinajstić information content (AvgIpc) is 2.83. The number of carbonyl (C=O) groups excluding carboxylic acids is 1. The summed E-state index contributed by atoms with van der Waals surface area (Å²) in [6, 6.07) is 7.92. The Bertz CT molecular complexity index is 405. The van der Waals surface area contributed by atoms with Crippen LogP contribution in [0.15, 0.2) is 24.3 Å². The highest BCUT2D eigenvalue weighted by Crippen LogP contribution is 2.20. The summed E-state index contributed by atoms with van der Waals surface area (Å²) in [6.07, 6.45) is 0.676. The Balaban J connectivity index is 1.85. The third-order valence-corrected chi connectivity index (χ3v) is 3.60. The van der Waals surface area contributed by atoms with Crippen molar-refractivity contribution in [2.75, 3.05) is 6.61 Å². The predicted molar refractivity (Wildman–Crippen MR) is 71.4 cm³/mol. The number of alkyl halides is 1. The molecule has 18 heavy (non-hydrogen) atoms. The molecule has 1 aromatic rings. The number of benzene rings is 1. The molecule has 0 aromatic heterocycles. The number of halogens is 1. The van der Waals surface area contributed by atoms with Crippen molar-refractivity contribution >= 4 is 17.5 Å². The second kappa shape index (κ2) is 6.21. The third kappa shape index (κ3) is 3.24. The number of nitrogens with one attached hydrogen (secondary N) is 1. The molecule has 4 heteroatoms. The summed E-state index contributed by atoms with van der Waals surface area (Å²) in [4.78, 5) is 11.9. The van der Waals surface area contributed by atoms with Gasteiger partial charge in [-0.15, -0.1) is 11.6 Å². The number of ether oxygens (including phenoxy) is 1. The zero-order valence-electron chi connectivity index (χ0n) is 10.5. The van der Waals surface area contributed by atoms with E-state index in [1.807, 2.05) is 31.2 Å². The number of hydrogen-bond acceptors (Lipinski definition) is 2. The van der Waals surface area contributed by atoms with Gasteiger partial charge in [-0.05, 0) is 23.5 Å². The van der Waals surface area contributed by atoms with Crippen LogP contribution in [0.3, 0.4) is 0 Å². The third-order valence-electron chi connectivity index (χ3n) is 3.29. The minimum absolute atomic E-state index is 0.0126. The van der Waals surface area contributed by atoms with Crippen LogP contribution in [-0.2, 0) is 22.0 Å². The van der Waals surface area contributed by atoms with Gasteiger partial charge < -0.3 is 10.1 Å². The van der Waals surface area contributed by atoms with E-state index >= 15 is 0 Å². The summed E-state index contributed by atoms with van der Waals surface area (Å²) in [5, 5.41) is 2.91. The molecular formula is C14H18ClNO2. The summed E-state index contributed by atoms with van der Waals surface area (Å²) in [5.74, 6) is 0.810. The molecule has 1 amide bonds. The molecule has 1 fully saturated rings. The Morgan fingerprint density at radius 3 is 2.61 bits per heavy atom. The van der Waals surface area contributed by atoms with Crippen LogP contribution in [0.25, 0.3) is 0 Å². The van der Waals surface area contributed by atoms with E-state index in [9.17, 15) is 4.79 Å². The van der Waals surface area contributed by atoms with E-state index in [0.717, 1.165) is 17.5 Å². The van der Waals surface area contributed by atoms with E-state index in [2.05, 4.69) is 5.32 Å². The van der Waals surface area contributed by atoms with Crippen LogP contribution in [0.1, 0.15) is 24.5 Å². The van der Waals surface area contributed by atoms with E-state index < -0.39 is 0 Å². The van der Waals surface area contributed by atoms with Gasteiger partial charge in [-0.1, -0.05) is 31.2 Å². The minimum atomic E-state index is -0.285. The maximum atomic E-state index is 11.9. The molecule has 1 heterocycles. The van der Waals surface area contributed by atoms with Gasteiger partial charge in [0.05, 0.1) is 0 Å². The Labute approximate surface area is 112 Å². The molecule has 2 rings (SSSR count). The van der Waals surface area contributed by atoms with Gasteiger partial charge in [0, 0.05) is 19.0 Å². The number of rotatable bonds is 4. The predicted octanol–water partition coefficient (Wildman–Crippen LogP) is 2.47. The Hall–Kier alpha value is -1.06. The summed E-state index contributed by atoms with van der Waals surface area (Å²) < 4.78 is 5.42. The lowest BCUT2D eigenvalue weighted by atomic mass is 10.0. The van der Waals surface area contributed by atoms with Gasteiger partial charge in [0.15, 0.2) is 0 Å². The largest absolute Gasteiger partial charge is 0.368 e. The first-order chi connectivity index (χ1) is 8.70. The van der Waals surface area contributed by atoms with Crippen LogP contribution in [-0.4, -0.2) is 18.6 Å². The van der Waals surface area contributed by atoms with E-state index in [1.54, 1.807) is 0 Å². The fourth-order valence-corrected chi connectivity index (χ4v) is 2.24. The molecule has 1 saturated heterocycles. The molecule has 98 valence electrons. The molecule has 0 aliphatic carbocycles. The van der Waals surface area contributed by atoms with Crippen molar-refractivity contribution in [3.8, 4) is 0 Å². The van der Waals surface area contributed by atoms with Gasteiger partial charge in [-0.2, -0.15) is 0 Å². The van der Waals surface area contributed by atoms with Crippen molar-refractivity contribution < 1.29 is 9.53 Å². The first-order valence-corrected chi connectivity index (χ1v) is 6.77. The highest BCUT2D eigenvalue weighted by atomic mass is 35.5. The smallest absolute Gasteiger partial charge is 0.249 e. The van der Waals surface area contributed by atoms with E-state index in [-0.39, 0.29) is 12.0 Å². The molecule has 2 atom stereocenters. The zero-order chi connectivity index (χ0) is 13.0. The quantitative estimate of drug-likeness (QED) is 0.851. The lowest BCUT2D eigenvalue weighted by Crippen LogP contribution is -2.36. The zero-order valence-corrected chi connectivity index (χ0v) is 11.2. The Morgan fingerprint density at radius 2 is 2.06 bits per heavy atom. The molecule has 1 N–H and O–H groups in total. The van der Waals surface area contributed by atoms with Crippen LogP contribution >= 0.6 is 11.6 Å². The monoisotopic (exact) mass is 267 g/mol. The van der Waals surface area contributed by atoms with Crippen molar-refractivity contribution in [2.24, 2.45) is 5.92 Å². The van der Waals surface area contributed by atoms with Crippen LogP contribution in [0, 0.1) is 5.92 Å². The standard InChI is InChI=1S/C14H18ClNO2/c1-10-6-7-18-13(10)14(17)16-9-12-4-2-11(8-15)3-5-12/h2-5,10,13H,6-9H2,1H3,(H,16,17). The molecule has 1 aliphatic heterocycles. The Morgan fingerprint density at radius 1 is 1.39 bits per heavy atom. The van der Waals surface area contributed by atoms with Crippen molar-refractivity contribution in [3.05, 3.63) is 35.4 Å². The van der Waals surface area contributed by atoms with Crippen molar-refractivity contribution in [3.63, 3.8) is 0 Å². The maximum absolute atomic E-state index is 11.9. The molecule has 0 bridgehead atoms. The van der Waals surface area contributed by atoms with E-state index in [1.165, 1.54) is 0 Å². The topological polar surface area (TPSA) is 38.3 Å². The fraction of sp³-hybridized carbons (Fsp3) is 0.500. The normalized spacial score (nSPS) is 23.0. The van der Waals surface area contributed by atoms with Crippen molar-refractivity contribution in [1.82, 2.24) is 5.32 Å².